The van der Waals surface area contributed by atoms with Crippen LogP contribution in [0.15, 0.2) is 12.3 Å². The zero-order valence-corrected chi connectivity index (χ0v) is 10.3. The third-order valence-electron chi connectivity index (χ3n) is 2.58. The van der Waals surface area contributed by atoms with Crippen LogP contribution in [0.1, 0.15) is 33.7 Å². The summed E-state index contributed by atoms with van der Waals surface area (Å²) in [6.45, 7) is 0. The number of aromatic nitrogens is 1. The molecule has 1 fully saturated rings. The molecule has 0 unspecified atom stereocenters. The van der Waals surface area contributed by atoms with E-state index in [4.69, 9.17) is 10.5 Å². The third kappa shape index (κ3) is 2.42. The summed E-state index contributed by atoms with van der Waals surface area (Å²) in [5.74, 6) is -0.700. The van der Waals surface area contributed by atoms with Gasteiger partial charge >= 0.3 is 0 Å². The van der Waals surface area contributed by atoms with Crippen LogP contribution in [-0.4, -0.2) is 41.9 Å². The number of nitrogens with zero attached hydrogens (tertiary/aromatic N) is 2. The molecule has 18 heavy (non-hydrogen) atoms. The number of ether oxygens (including phenoxy) is 1. The quantitative estimate of drug-likeness (QED) is 0.838. The zero-order valence-electron chi connectivity index (χ0n) is 10.3. The largest absolute Gasteiger partial charge is 0.489 e. The van der Waals surface area contributed by atoms with E-state index in [0.717, 1.165) is 12.8 Å². The Balaban J connectivity index is 2.47. The lowest BCUT2D eigenvalue weighted by molar-refractivity contribution is 0.0814. The molecule has 0 aliphatic heterocycles. The topological polar surface area (TPSA) is 85.5 Å². The van der Waals surface area contributed by atoms with Gasteiger partial charge in [-0.25, -0.2) is 4.98 Å². The predicted octanol–water partition coefficient (Wildman–Crippen LogP) is 0.423. The first kappa shape index (κ1) is 12.3. The molecular formula is C12H15N3O3. The Labute approximate surface area is 105 Å². The van der Waals surface area contributed by atoms with Crippen molar-refractivity contribution in [2.45, 2.75) is 18.9 Å². The Morgan fingerprint density at radius 1 is 1.44 bits per heavy atom. The van der Waals surface area contributed by atoms with Crippen molar-refractivity contribution in [3.8, 4) is 5.75 Å². The minimum Gasteiger partial charge on any atom is -0.489 e. The van der Waals surface area contributed by atoms with E-state index in [-0.39, 0.29) is 23.3 Å². The minimum absolute atomic E-state index is 0.0492. The van der Waals surface area contributed by atoms with Crippen molar-refractivity contribution in [3.05, 3.63) is 23.5 Å². The predicted molar refractivity (Wildman–Crippen MR) is 64.4 cm³/mol. The fourth-order valence-corrected chi connectivity index (χ4v) is 1.52. The fourth-order valence-electron chi connectivity index (χ4n) is 1.52. The third-order valence-corrected chi connectivity index (χ3v) is 2.58. The van der Waals surface area contributed by atoms with Gasteiger partial charge in [-0.05, 0) is 18.9 Å². The monoisotopic (exact) mass is 249 g/mol. The zero-order chi connectivity index (χ0) is 13.3. The lowest BCUT2D eigenvalue weighted by Crippen LogP contribution is -2.27. The summed E-state index contributed by atoms with van der Waals surface area (Å²) in [4.78, 5) is 28.7. The highest BCUT2D eigenvalue weighted by molar-refractivity contribution is 6.07. The van der Waals surface area contributed by atoms with Crippen molar-refractivity contribution >= 4 is 11.8 Å². The Hall–Kier alpha value is -2.11. The van der Waals surface area contributed by atoms with Gasteiger partial charge < -0.3 is 15.4 Å². The number of carbonyl (C=O) groups excluding carboxylic acids is 2. The molecule has 0 radical (unpaired) electrons. The molecule has 0 saturated heterocycles. The van der Waals surface area contributed by atoms with Crippen molar-refractivity contribution < 1.29 is 14.3 Å². The van der Waals surface area contributed by atoms with Crippen LogP contribution in [0.5, 0.6) is 5.75 Å². The van der Waals surface area contributed by atoms with Crippen molar-refractivity contribution in [2.75, 3.05) is 14.1 Å². The summed E-state index contributed by atoms with van der Waals surface area (Å²) < 4.78 is 5.62. The number of amides is 2. The smallest absolute Gasteiger partial charge is 0.268 e. The molecule has 1 aliphatic rings. The molecule has 2 amide bonds. The summed E-state index contributed by atoms with van der Waals surface area (Å²) in [7, 11) is 3.20. The molecule has 0 spiro atoms. The van der Waals surface area contributed by atoms with Gasteiger partial charge in [0.15, 0.2) is 0 Å². The summed E-state index contributed by atoms with van der Waals surface area (Å²) in [6.07, 6.45) is 3.47. The van der Waals surface area contributed by atoms with Gasteiger partial charge in [0.2, 0.25) is 0 Å². The normalized spacial score (nSPS) is 14.1. The highest BCUT2D eigenvalue weighted by atomic mass is 16.5. The van der Waals surface area contributed by atoms with E-state index in [9.17, 15) is 9.59 Å². The van der Waals surface area contributed by atoms with Crippen LogP contribution in [0, 0.1) is 0 Å². The van der Waals surface area contributed by atoms with Crippen LogP contribution >= 0.6 is 0 Å². The maximum Gasteiger partial charge on any atom is 0.268 e. The van der Waals surface area contributed by atoms with Crippen LogP contribution in [0.2, 0.25) is 0 Å². The van der Waals surface area contributed by atoms with E-state index in [2.05, 4.69) is 4.98 Å². The second-order valence-corrected chi connectivity index (χ2v) is 4.41. The molecule has 6 heteroatoms. The van der Waals surface area contributed by atoms with Gasteiger partial charge in [0, 0.05) is 20.3 Å². The summed E-state index contributed by atoms with van der Waals surface area (Å²) in [6, 6.07) is 1.58. The number of hydrogen-bond acceptors (Lipinski definition) is 4. The molecule has 1 aromatic heterocycles. The highest BCUT2D eigenvalue weighted by Crippen LogP contribution is 2.30. The molecular weight excluding hydrogens is 234 g/mol. The van der Waals surface area contributed by atoms with Crippen LogP contribution in [0.25, 0.3) is 0 Å². The molecule has 1 aromatic rings. The molecule has 6 nitrogen and oxygen atoms in total. The molecule has 0 aromatic carbocycles. The summed E-state index contributed by atoms with van der Waals surface area (Å²) in [5, 5.41) is 0. The number of primary amides is 1. The van der Waals surface area contributed by atoms with Gasteiger partial charge in [0.05, 0.1) is 6.10 Å². The maximum atomic E-state index is 12.1. The SMILES string of the molecule is CN(C)C(=O)c1c(OC2CC2)ccnc1C(N)=O. The van der Waals surface area contributed by atoms with Crippen molar-refractivity contribution in [1.29, 1.82) is 0 Å². The van der Waals surface area contributed by atoms with Crippen LogP contribution < -0.4 is 10.5 Å². The van der Waals surface area contributed by atoms with Gasteiger partial charge in [-0.15, -0.1) is 0 Å². The van der Waals surface area contributed by atoms with Crippen molar-refractivity contribution in [2.24, 2.45) is 5.73 Å². The highest BCUT2D eigenvalue weighted by Gasteiger charge is 2.29. The Morgan fingerprint density at radius 2 is 2.11 bits per heavy atom. The average Bonchev–Trinajstić information content (AvgIpc) is 3.11. The molecule has 1 aliphatic carbocycles. The molecule has 0 atom stereocenters. The second-order valence-electron chi connectivity index (χ2n) is 4.41. The van der Waals surface area contributed by atoms with Gasteiger partial charge in [-0.2, -0.15) is 0 Å². The lowest BCUT2D eigenvalue weighted by atomic mass is 10.1. The number of carbonyl (C=O) groups is 2. The molecule has 2 N–H and O–H groups in total. The maximum absolute atomic E-state index is 12.1. The van der Waals surface area contributed by atoms with Crippen LogP contribution in [-0.2, 0) is 0 Å². The standard InChI is InChI=1S/C12H15N3O3/c1-15(2)12(17)9-8(18-7-3-4-7)5-6-14-10(9)11(13)16/h5-7H,3-4H2,1-2H3,(H2,13,16). The van der Waals surface area contributed by atoms with E-state index in [1.165, 1.54) is 11.1 Å². The van der Waals surface area contributed by atoms with Crippen LogP contribution in [0.3, 0.4) is 0 Å². The van der Waals surface area contributed by atoms with Gasteiger partial charge in [-0.3, -0.25) is 9.59 Å². The fraction of sp³-hybridized carbons (Fsp3) is 0.417. The van der Waals surface area contributed by atoms with E-state index in [0.29, 0.717) is 5.75 Å². The van der Waals surface area contributed by atoms with E-state index in [1.807, 2.05) is 0 Å². The van der Waals surface area contributed by atoms with Crippen molar-refractivity contribution in [1.82, 2.24) is 9.88 Å². The van der Waals surface area contributed by atoms with Crippen LogP contribution in [0.4, 0.5) is 0 Å². The molecule has 96 valence electrons. The first-order chi connectivity index (χ1) is 8.50. The van der Waals surface area contributed by atoms with E-state index < -0.39 is 5.91 Å². The minimum atomic E-state index is -0.735. The number of rotatable bonds is 4. The van der Waals surface area contributed by atoms with Gasteiger partial charge in [0.1, 0.15) is 17.0 Å². The number of pyridine rings is 1. The summed E-state index contributed by atoms with van der Waals surface area (Å²) in [5.41, 5.74) is 5.33. The number of hydrogen-bond donors (Lipinski definition) is 1. The molecule has 1 saturated carbocycles. The Morgan fingerprint density at radius 3 is 2.61 bits per heavy atom. The second kappa shape index (κ2) is 4.64. The van der Waals surface area contributed by atoms with E-state index >= 15 is 0 Å². The number of nitrogens with two attached hydrogens (primary N) is 1. The molecule has 0 bridgehead atoms. The molecule has 2 rings (SSSR count). The first-order valence-corrected chi connectivity index (χ1v) is 5.68. The lowest BCUT2D eigenvalue weighted by Gasteiger charge is -2.16. The average molecular weight is 249 g/mol. The Bertz CT molecular complexity index is 495. The summed E-state index contributed by atoms with van der Waals surface area (Å²) >= 11 is 0. The van der Waals surface area contributed by atoms with Crippen molar-refractivity contribution in [3.63, 3.8) is 0 Å². The van der Waals surface area contributed by atoms with E-state index in [1.54, 1.807) is 20.2 Å². The molecule has 1 heterocycles. The van der Waals surface area contributed by atoms with Gasteiger partial charge in [0.25, 0.3) is 11.8 Å². The Kier molecular flexibility index (Phi) is 3.18. The van der Waals surface area contributed by atoms with Gasteiger partial charge in [-0.1, -0.05) is 0 Å². The first-order valence-electron chi connectivity index (χ1n) is 5.68.